The molecule has 4 rings (SSSR count). The molecule has 0 aliphatic heterocycles. The molecule has 0 saturated heterocycles. The Kier molecular flexibility index (Phi) is 12.3. The van der Waals surface area contributed by atoms with Gasteiger partial charge in [-0.2, -0.15) is 0 Å². The Hall–Kier alpha value is -1.86. The van der Waals surface area contributed by atoms with E-state index in [1.807, 2.05) is 20.8 Å². The number of carbonyl (C=O) groups is 3. The van der Waals surface area contributed by atoms with Crippen LogP contribution in [-0.4, -0.2) is 52.2 Å². The van der Waals surface area contributed by atoms with Crippen molar-refractivity contribution in [2.45, 2.75) is 155 Å². The standard InChI is InChI=1S/C38H59FO6/c1-5-6-7-8-9-10-11-12-13-14-15-16-17-18-34(44)45-38(33(43)25-40)26(2)21-29-28-23-31(39)30-22-27(41)19-20-36(30,3)35(28)32(42)24-37(29,38)4/h19-20,22,26,28-29,31-32,35,40,42H,5-18,21,23-25H2,1-4H3/t26-,28+,29+,31+,32+,35-,36+,37+,38+/m1/s1. The summed E-state index contributed by atoms with van der Waals surface area (Å²) in [6.45, 7) is 7.17. The Bertz CT molecular complexity index is 1120. The highest BCUT2D eigenvalue weighted by Crippen LogP contribution is 2.69. The first-order valence-electron chi connectivity index (χ1n) is 18.1. The van der Waals surface area contributed by atoms with Gasteiger partial charge < -0.3 is 14.9 Å². The summed E-state index contributed by atoms with van der Waals surface area (Å²) in [7, 11) is 0. The van der Waals surface area contributed by atoms with Gasteiger partial charge in [0.2, 0.25) is 5.78 Å². The Morgan fingerprint density at radius 3 is 2.11 bits per heavy atom. The molecule has 0 radical (unpaired) electrons. The maximum absolute atomic E-state index is 15.8. The van der Waals surface area contributed by atoms with Gasteiger partial charge in [-0.3, -0.25) is 14.4 Å². The number of alkyl halides is 1. The SMILES string of the molecule is CCCCCCCCCCCCCCCC(=O)O[C@]1(C(=O)CO)[C@H](C)C[C@H]2[C@@H]3C[C@H](F)C4=CC(=O)C=C[C@]4(C)[C@H]3[C@@H](O)C[C@@]21C. The Labute approximate surface area is 270 Å². The average molecular weight is 631 g/mol. The number of fused-ring (bicyclic) bond motifs is 5. The highest BCUT2D eigenvalue weighted by molar-refractivity contribution is 6.01. The summed E-state index contributed by atoms with van der Waals surface area (Å²) >= 11 is 0. The fourth-order valence-corrected chi connectivity index (χ4v) is 10.2. The van der Waals surface area contributed by atoms with E-state index < -0.39 is 47.1 Å². The van der Waals surface area contributed by atoms with Crippen molar-refractivity contribution in [2.75, 3.05) is 6.61 Å². The number of ketones is 2. The van der Waals surface area contributed by atoms with Crippen LogP contribution in [0.15, 0.2) is 23.8 Å². The van der Waals surface area contributed by atoms with E-state index in [2.05, 4.69) is 6.92 Å². The van der Waals surface area contributed by atoms with Crippen molar-refractivity contribution in [3.8, 4) is 0 Å². The van der Waals surface area contributed by atoms with Crippen molar-refractivity contribution in [2.24, 2.45) is 34.5 Å². The van der Waals surface area contributed by atoms with Crippen LogP contribution >= 0.6 is 0 Å². The second-order valence-corrected chi connectivity index (χ2v) is 15.2. The molecule has 254 valence electrons. The molecule has 4 aliphatic carbocycles. The minimum atomic E-state index is -1.58. The Balaban J connectivity index is 1.36. The number of hydrogen-bond acceptors (Lipinski definition) is 6. The summed E-state index contributed by atoms with van der Waals surface area (Å²) in [5.41, 5.74) is -2.92. The lowest BCUT2D eigenvalue weighted by atomic mass is 9.46. The number of Topliss-reactive ketones (excluding diaryl/α,β-unsaturated/α-hetero) is 1. The lowest BCUT2D eigenvalue weighted by Crippen LogP contribution is -2.64. The van der Waals surface area contributed by atoms with E-state index in [0.717, 1.165) is 19.3 Å². The van der Waals surface area contributed by atoms with Crippen LogP contribution in [0, 0.1) is 34.5 Å². The molecule has 3 saturated carbocycles. The average Bonchev–Trinajstić information content (AvgIpc) is 3.22. The second kappa shape index (κ2) is 15.4. The molecule has 3 fully saturated rings. The summed E-state index contributed by atoms with van der Waals surface area (Å²) in [5.74, 6) is -2.40. The molecular formula is C38H59FO6. The molecule has 2 N–H and O–H groups in total. The summed E-state index contributed by atoms with van der Waals surface area (Å²) in [6.07, 6.45) is 19.1. The van der Waals surface area contributed by atoms with Crippen molar-refractivity contribution < 1.29 is 33.7 Å². The van der Waals surface area contributed by atoms with Gasteiger partial charge >= 0.3 is 5.97 Å². The first kappa shape index (κ1) is 36.0. The van der Waals surface area contributed by atoms with Gasteiger partial charge in [-0.15, -0.1) is 0 Å². The quantitative estimate of drug-likeness (QED) is 0.126. The van der Waals surface area contributed by atoms with Gasteiger partial charge in [0.05, 0.1) is 6.10 Å². The van der Waals surface area contributed by atoms with Gasteiger partial charge in [0.25, 0.3) is 0 Å². The molecule has 4 aliphatic rings. The number of hydrogen-bond donors (Lipinski definition) is 2. The molecule has 45 heavy (non-hydrogen) atoms. The molecule has 6 nitrogen and oxygen atoms in total. The summed E-state index contributed by atoms with van der Waals surface area (Å²) in [5, 5.41) is 21.9. The smallest absolute Gasteiger partial charge is 0.306 e. The number of rotatable bonds is 17. The predicted molar refractivity (Wildman–Crippen MR) is 174 cm³/mol. The maximum Gasteiger partial charge on any atom is 0.306 e. The van der Waals surface area contributed by atoms with Crippen LogP contribution in [0.2, 0.25) is 0 Å². The van der Waals surface area contributed by atoms with Crippen LogP contribution in [0.25, 0.3) is 0 Å². The lowest BCUT2D eigenvalue weighted by molar-refractivity contribution is -0.206. The van der Waals surface area contributed by atoms with Gasteiger partial charge in [-0.25, -0.2) is 4.39 Å². The first-order chi connectivity index (χ1) is 21.5. The van der Waals surface area contributed by atoms with E-state index in [-0.39, 0.29) is 48.7 Å². The summed E-state index contributed by atoms with van der Waals surface area (Å²) in [6, 6.07) is 0. The van der Waals surface area contributed by atoms with Gasteiger partial charge in [0, 0.05) is 29.1 Å². The number of allylic oxidation sites excluding steroid dienone is 4. The molecule has 0 aromatic carbocycles. The summed E-state index contributed by atoms with van der Waals surface area (Å²) in [4.78, 5) is 39.1. The van der Waals surface area contributed by atoms with Gasteiger partial charge in [0.1, 0.15) is 12.8 Å². The third kappa shape index (κ3) is 7.05. The molecule has 9 atom stereocenters. The third-order valence-corrected chi connectivity index (χ3v) is 12.3. The number of aliphatic hydroxyl groups is 2. The highest BCUT2D eigenvalue weighted by atomic mass is 19.1. The maximum atomic E-state index is 15.8. The number of ether oxygens (including phenoxy) is 1. The number of unbranched alkanes of at least 4 members (excludes halogenated alkanes) is 12. The molecule has 0 bridgehead atoms. The van der Waals surface area contributed by atoms with E-state index in [4.69, 9.17) is 4.74 Å². The largest absolute Gasteiger partial charge is 0.450 e. The molecule has 7 heteroatoms. The van der Waals surface area contributed by atoms with Crippen LogP contribution in [0.5, 0.6) is 0 Å². The van der Waals surface area contributed by atoms with Crippen LogP contribution in [0.3, 0.4) is 0 Å². The van der Waals surface area contributed by atoms with Crippen molar-refractivity contribution in [1.82, 2.24) is 0 Å². The van der Waals surface area contributed by atoms with E-state index in [1.54, 1.807) is 6.08 Å². The van der Waals surface area contributed by atoms with Gasteiger partial charge in [-0.05, 0) is 55.2 Å². The van der Waals surface area contributed by atoms with E-state index in [0.29, 0.717) is 18.4 Å². The molecule has 0 amide bonds. The van der Waals surface area contributed by atoms with Crippen LogP contribution in [0.4, 0.5) is 4.39 Å². The van der Waals surface area contributed by atoms with Crippen molar-refractivity contribution >= 4 is 17.5 Å². The fraction of sp³-hybridized carbons (Fsp3) is 0.816. The van der Waals surface area contributed by atoms with Crippen molar-refractivity contribution in [3.05, 3.63) is 23.8 Å². The first-order valence-corrected chi connectivity index (χ1v) is 18.1. The number of esters is 1. The van der Waals surface area contributed by atoms with E-state index in [9.17, 15) is 24.6 Å². The number of aliphatic hydroxyl groups excluding tert-OH is 2. The molecule has 0 aromatic rings. The van der Waals surface area contributed by atoms with Crippen LogP contribution in [-0.2, 0) is 19.1 Å². The number of carbonyl (C=O) groups excluding carboxylic acids is 3. The second-order valence-electron chi connectivity index (χ2n) is 15.2. The van der Waals surface area contributed by atoms with Gasteiger partial charge in [-0.1, -0.05) is 111 Å². The Morgan fingerprint density at radius 2 is 1.53 bits per heavy atom. The lowest BCUT2D eigenvalue weighted by Gasteiger charge is -2.60. The topological polar surface area (TPSA) is 101 Å². The van der Waals surface area contributed by atoms with Gasteiger partial charge in [0.15, 0.2) is 11.4 Å². The van der Waals surface area contributed by atoms with Crippen molar-refractivity contribution in [3.63, 3.8) is 0 Å². The molecule has 0 unspecified atom stereocenters. The molecule has 0 aromatic heterocycles. The minimum Gasteiger partial charge on any atom is -0.450 e. The van der Waals surface area contributed by atoms with E-state index >= 15 is 4.39 Å². The molecule has 0 spiro atoms. The zero-order valence-electron chi connectivity index (χ0n) is 28.3. The minimum absolute atomic E-state index is 0.146. The highest BCUT2D eigenvalue weighted by Gasteiger charge is 2.73. The fourth-order valence-electron chi connectivity index (χ4n) is 10.2. The van der Waals surface area contributed by atoms with E-state index in [1.165, 1.54) is 69.9 Å². The molecule has 0 heterocycles. The zero-order valence-corrected chi connectivity index (χ0v) is 28.3. The normalized spacial score (nSPS) is 37.0. The number of halogens is 1. The zero-order chi connectivity index (χ0) is 32.8. The predicted octanol–water partition coefficient (Wildman–Crippen LogP) is 7.78. The molecular weight excluding hydrogens is 571 g/mol. The van der Waals surface area contributed by atoms with Crippen LogP contribution in [0.1, 0.15) is 137 Å². The summed E-state index contributed by atoms with van der Waals surface area (Å²) < 4.78 is 22.0. The van der Waals surface area contributed by atoms with Crippen molar-refractivity contribution in [1.29, 1.82) is 0 Å². The monoisotopic (exact) mass is 630 g/mol. The Morgan fingerprint density at radius 1 is 0.956 bits per heavy atom. The van der Waals surface area contributed by atoms with Crippen LogP contribution < -0.4 is 0 Å². The third-order valence-electron chi connectivity index (χ3n) is 12.3.